The number of carbonyl (C=O) groups is 1. The molecule has 6 heteroatoms. The standard InChI is InChI=1S/C14H15N3O3/c1-17-8-9(3-6-13(17)18)16-14(19)11-5-4-10(20-2)7-12(11)15/h3-8H,15H2,1-2H3,(H,16,19). The van der Waals surface area contributed by atoms with Crippen LogP contribution in [0.15, 0.2) is 41.3 Å². The Labute approximate surface area is 115 Å². The van der Waals surface area contributed by atoms with Gasteiger partial charge in [-0.2, -0.15) is 0 Å². The van der Waals surface area contributed by atoms with Crippen molar-refractivity contribution in [2.45, 2.75) is 0 Å². The van der Waals surface area contributed by atoms with Crippen LogP contribution in [-0.4, -0.2) is 17.6 Å². The molecule has 6 nitrogen and oxygen atoms in total. The van der Waals surface area contributed by atoms with Gasteiger partial charge >= 0.3 is 0 Å². The topological polar surface area (TPSA) is 86.3 Å². The van der Waals surface area contributed by atoms with Gasteiger partial charge in [-0.3, -0.25) is 9.59 Å². The van der Waals surface area contributed by atoms with E-state index in [1.54, 1.807) is 37.5 Å². The number of nitrogens with two attached hydrogens (primary N) is 1. The summed E-state index contributed by atoms with van der Waals surface area (Å²) in [4.78, 5) is 23.4. The minimum atomic E-state index is -0.344. The van der Waals surface area contributed by atoms with Crippen LogP contribution in [-0.2, 0) is 7.05 Å². The lowest BCUT2D eigenvalue weighted by Crippen LogP contribution is -2.18. The summed E-state index contributed by atoms with van der Waals surface area (Å²) in [6.07, 6.45) is 1.54. The quantitative estimate of drug-likeness (QED) is 0.823. The Morgan fingerprint density at radius 1 is 1.30 bits per heavy atom. The number of ether oxygens (including phenoxy) is 1. The van der Waals surface area contributed by atoms with Crippen LogP contribution in [0.25, 0.3) is 0 Å². The van der Waals surface area contributed by atoms with Crippen molar-refractivity contribution in [3.05, 3.63) is 52.4 Å². The number of rotatable bonds is 3. The Morgan fingerprint density at radius 3 is 2.65 bits per heavy atom. The van der Waals surface area contributed by atoms with Gasteiger partial charge < -0.3 is 20.4 Å². The number of hydrogen-bond acceptors (Lipinski definition) is 4. The van der Waals surface area contributed by atoms with Gasteiger partial charge in [-0.05, 0) is 18.2 Å². The van der Waals surface area contributed by atoms with Crippen molar-refractivity contribution in [3.8, 4) is 5.75 Å². The molecule has 3 N–H and O–H groups in total. The summed E-state index contributed by atoms with van der Waals surface area (Å²) >= 11 is 0. The molecule has 1 aromatic carbocycles. The average Bonchev–Trinajstić information content (AvgIpc) is 2.42. The second kappa shape index (κ2) is 5.48. The highest BCUT2D eigenvalue weighted by Gasteiger charge is 2.11. The maximum absolute atomic E-state index is 12.1. The molecule has 1 amide bonds. The number of nitrogen functional groups attached to an aromatic ring is 1. The number of methoxy groups -OCH3 is 1. The van der Waals surface area contributed by atoms with Gasteiger partial charge in [-0.25, -0.2) is 0 Å². The summed E-state index contributed by atoms with van der Waals surface area (Å²) in [5.74, 6) is 0.241. The molecule has 0 unspecified atom stereocenters. The highest BCUT2D eigenvalue weighted by atomic mass is 16.5. The molecule has 0 bridgehead atoms. The van der Waals surface area contributed by atoms with Crippen LogP contribution in [0, 0.1) is 0 Å². The first kappa shape index (κ1) is 13.7. The van der Waals surface area contributed by atoms with Crippen LogP contribution in [0.3, 0.4) is 0 Å². The highest BCUT2D eigenvalue weighted by molar-refractivity contribution is 6.07. The number of carbonyl (C=O) groups excluding carboxylic acids is 1. The van der Waals surface area contributed by atoms with E-state index in [0.29, 0.717) is 22.7 Å². The first-order chi connectivity index (χ1) is 9.51. The molecule has 104 valence electrons. The van der Waals surface area contributed by atoms with Crippen LogP contribution >= 0.6 is 0 Å². The minimum absolute atomic E-state index is 0.146. The zero-order valence-corrected chi connectivity index (χ0v) is 11.2. The number of aromatic nitrogens is 1. The molecule has 0 spiro atoms. The molecule has 0 radical (unpaired) electrons. The number of nitrogens with zero attached hydrogens (tertiary/aromatic N) is 1. The smallest absolute Gasteiger partial charge is 0.257 e. The van der Waals surface area contributed by atoms with E-state index in [2.05, 4.69) is 5.32 Å². The average molecular weight is 273 g/mol. The van der Waals surface area contributed by atoms with Crippen LogP contribution in [0.1, 0.15) is 10.4 Å². The third-order valence-electron chi connectivity index (χ3n) is 2.85. The lowest BCUT2D eigenvalue weighted by atomic mass is 10.1. The number of anilines is 2. The number of nitrogens with one attached hydrogen (secondary N) is 1. The SMILES string of the molecule is COc1ccc(C(=O)Nc2ccc(=O)n(C)c2)c(N)c1. The number of amides is 1. The fourth-order valence-corrected chi connectivity index (χ4v) is 1.74. The Balaban J connectivity index is 2.23. The van der Waals surface area contributed by atoms with E-state index in [4.69, 9.17) is 10.5 Å². The van der Waals surface area contributed by atoms with Gasteiger partial charge in [0.1, 0.15) is 5.75 Å². The molecule has 0 atom stereocenters. The fourth-order valence-electron chi connectivity index (χ4n) is 1.74. The predicted molar refractivity (Wildman–Crippen MR) is 77.0 cm³/mol. The Bertz CT molecular complexity index is 707. The Kier molecular flexibility index (Phi) is 3.74. The molecule has 0 aliphatic rings. The number of hydrogen-bond donors (Lipinski definition) is 2. The molecular formula is C14H15N3O3. The van der Waals surface area contributed by atoms with Gasteiger partial charge in [0.15, 0.2) is 0 Å². The van der Waals surface area contributed by atoms with E-state index in [-0.39, 0.29) is 11.5 Å². The molecular weight excluding hydrogens is 258 g/mol. The first-order valence-corrected chi connectivity index (χ1v) is 5.93. The van der Waals surface area contributed by atoms with Crippen molar-refractivity contribution < 1.29 is 9.53 Å². The second-order valence-corrected chi connectivity index (χ2v) is 4.27. The lowest BCUT2D eigenvalue weighted by molar-refractivity contribution is 0.102. The molecule has 0 saturated heterocycles. The highest BCUT2D eigenvalue weighted by Crippen LogP contribution is 2.20. The van der Waals surface area contributed by atoms with Crippen LogP contribution in [0.5, 0.6) is 5.75 Å². The molecule has 0 aliphatic carbocycles. The van der Waals surface area contributed by atoms with Gasteiger partial charge in [-0.15, -0.1) is 0 Å². The first-order valence-electron chi connectivity index (χ1n) is 5.93. The molecule has 2 rings (SSSR count). The third kappa shape index (κ3) is 2.80. The van der Waals surface area contributed by atoms with Crippen LogP contribution < -0.4 is 21.3 Å². The van der Waals surface area contributed by atoms with Crippen LogP contribution in [0.4, 0.5) is 11.4 Å². The van der Waals surface area contributed by atoms with Crippen molar-refractivity contribution in [1.82, 2.24) is 4.57 Å². The zero-order chi connectivity index (χ0) is 14.7. The summed E-state index contributed by atoms with van der Waals surface area (Å²) in [6, 6.07) is 7.75. The van der Waals surface area contributed by atoms with Crippen molar-refractivity contribution in [3.63, 3.8) is 0 Å². The van der Waals surface area contributed by atoms with Crippen molar-refractivity contribution >= 4 is 17.3 Å². The van der Waals surface area contributed by atoms with E-state index < -0.39 is 0 Å². The second-order valence-electron chi connectivity index (χ2n) is 4.27. The number of pyridine rings is 1. The normalized spacial score (nSPS) is 10.1. The lowest BCUT2D eigenvalue weighted by Gasteiger charge is -2.09. The van der Waals surface area contributed by atoms with Crippen molar-refractivity contribution in [2.24, 2.45) is 7.05 Å². The Morgan fingerprint density at radius 2 is 2.05 bits per heavy atom. The van der Waals surface area contributed by atoms with Crippen molar-refractivity contribution in [1.29, 1.82) is 0 Å². The molecule has 2 aromatic rings. The Hall–Kier alpha value is -2.76. The maximum Gasteiger partial charge on any atom is 0.257 e. The minimum Gasteiger partial charge on any atom is -0.497 e. The molecule has 20 heavy (non-hydrogen) atoms. The summed E-state index contributed by atoms with van der Waals surface area (Å²) in [6.45, 7) is 0. The van der Waals surface area contributed by atoms with Gasteiger partial charge in [-0.1, -0.05) is 0 Å². The van der Waals surface area contributed by atoms with E-state index in [1.165, 1.54) is 17.7 Å². The molecule has 1 heterocycles. The third-order valence-corrected chi connectivity index (χ3v) is 2.85. The zero-order valence-electron chi connectivity index (χ0n) is 11.2. The van der Waals surface area contributed by atoms with E-state index in [1.807, 2.05) is 0 Å². The van der Waals surface area contributed by atoms with E-state index >= 15 is 0 Å². The van der Waals surface area contributed by atoms with Crippen molar-refractivity contribution in [2.75, 3.05) is 18.2 Å². The largest absolute Gasteiger partial charge is 0.497 e. The molecule has 0 aliphatic heterocycles. The molecule has 0 fully saturated rings. The van der Waals surface area contributed by atoms with E-state index in [9.17, 15) is 9.59 Å². The van der Waals surface area contributed by atoms with Gasteiger partial charge in [0.05, 0.1) is 18.4 Å². The predicted octanol–water partition coefficient (Wildman–Crippen LogP) is 1.23. The summed E-state index contributed by atoms with van der Waals surface area (Å²) < 4.78 is 6.41. The summed E-state index contributed by atoms with van der Waals surface area (Å²) in [5, 5.41) is 2.69. The summed E-state index contributed by atoms with van der Waals surface area (Å²) in [5.41, 5.74) is 6.86. The number of aryl methyl sites for hydroxylation is 1. The van der Waals surface area contributed by atoms with E-state index in [0.717, 1.165) is 0 Å². The summed E-state index contributed by atoms with van der Waals surface area (Å²) in [7, 11) is 3.14. The van der Waals surface area contributed by atoms with Gasteiger partial charge in [0, 0.05) is 31.1 Å². The maximum atomic E-state index is 12.1. The van der Waals surface area contributed by atoms with Crippen LogP contribution in [0.2, 0.25) is 0 Å². The van der Waals surface area contributed by atoms with Gasteiger partial charge in [0.2, 0.25) is 5.56 Å². The molecule has 1 aromatic heterocycles. The molecule has 0 saturated carbocycles. The fraction of sp³-hybridized carbons (Fsp3) is 0.143. The van der Waals surface area contributed by atoms with Gasteiger partial charge in [0.25, 0.3) is 5.91 Å². The number of benzene rings is 1. The monoisotopic (exact) mass is 273 g/mol.